The highest BCUT2D eigenvalue weighted by molar-refractivity contribution is 5.44. The first-order valence-corrected chi connectivity index (χ1v) is 6.91. The highest BCUT2D eigenvalue weighted by atomic mass is 16.7. The van der Waals surface area contributed by atoms with E-state index in [4.69, 9.17) is 9.47 Å². The van der Waals surface area contributed by atoms with Gasteiger partial charge in [0, 0.05) is 6.04 Å². The Morgan fingerprint density at radius 3 is 2.50 bits per heavy atom. The molecule has 1 aliphatic rings. The van der Waals surface area contributed by atoms with Crippen LogP contribution in [-0.4, -0.2) is 30.8 Å². The maximum atomic E-state index is 5.43. The van der Waals surface area contributed by atoms with Crippen LogP contribution in [0.1, 0.15) is 32.8 Å². The van der Waals surface area contributed by atoms with E-state index in [0.29, 0.717) is 12.8 Å². The second-order valence-electron chi connectivity index (χ2n) is 4.68. The second-order valence-corrected chi connectivity index (χ2v) is 4.68. The van der Waals surface area contributed by atoms with Crippen LogP contribution < -0.4 is 9.47 Å². The molecule has 0 saturated heterocycles. The van der Waals surface area contributed by atoms with Gasteiger partial charge in [0.05, 0.1) is 0 Å². The van der Waals surface area contributed by atoms with E-state index in [0.717, 1.165) is 31.0 Å². The molecule has 0 saturated carbocycles. The highest BCUT2D eigenvalue weighted by Crippen LogP contribution is 2.33. The zero-order chi connectivity index (χ0) is 13.0. The topological polar surface area (TPSA) is 21.7 Å². The summed E-state index contributed by atoms with van der Waals surface area (Å²) in [6, 6.07) is 6.90. The van der Waals surface area contributed by atoms with Crippen molar-refractivity contribution >= 4 is 0 Å². The molecule has 1 atom stereocenters. The van der Waals surface area contributed by atoms with Crippen molar-refractivity contribution in [3.63, 3.8) is 0 Å². The van der Waals surface area contributed by atoms with Crippen molar-refractivity contribution in [1.82, 2.24) is 4.90 Å². The van der Waals surface area contributed by atoms with Crippen molar-refractivity contribution in [2.75, 3.05) is 19.9 Å². The molecule has 18 heavy (non-hydrogen) atoms. The Hall–Kier alpha value is -1.22. The molecular formula is C15H23NO2. The van der Waals surface area contributed by atoms with Gasteiger partial charge >= 0.3 is 0 Å². The summed E-state index contributed by atoms with van der Waals surface area (Å²) in [7, 11) is 0. The summed E-state index contributed by atoms with van der Waals surface area (Å²) in [6.45, 7) is 9.29. The average Bonchev–Trinajstić information content (AvgIpc) is 2.86. The molecule has 0 aliphatic carbocycles. The highest BCUT2D eigenvalue weighted by Gasteiger charge is 2.17. The van der Waals surface area contributed by atoms with Gasteiger partial charge in [0.1, 0.15) is 0 Å². The zero-order valence-corrected chi connectivity index (χ0v) is 11.6. The molecule has 0 fully saturated rings. The Kier molecular flexibility index (Phi) is 4.48. The van der Waals surface area contributed by atoms with E-state index < -0.39 is 0 Å². The number of hydrogen-bond donors (Lipinski definition) is 0. The number of ether oxygens (including phenoxy) is 2. The lowest BCUT2D eigenvalue weighted by molar-refractivity contribution is 0.174. The van der Waals surface area contributed by atoms with Gasteiger partial charge in [-0.25, -0.2) is 0 Å². The Labute approximate surface area is 110 Å². The van der Waals surface area contributed by atoms with Crippen molar-refractivity contribution in [3.05, 3.63) is 23.8 Å². The lowest BCUT2D eigenvalue weighted by Gasteiger charge is -2.28. The molecule has 0 aromatic heterocycles. The van der Waals surface area contributed by atoms with E-state index in [1.807, 2.05) is 6.07 Å². The predicted octanol–water partition coefficient (Wildman–Crippen LogP) is 3.08. The summed E-state index contributed by atoms with van der Waals surface area (Å²) in [4.78, 5) is 2.52. The van der Waals surface area contributed by atoms with E-state index >= 15 is 0 Å². The number of benzene rings is 1. The molecular weight excluding hydrogens is 226 g/mol. The third-order valence-electron chi connectivity index (χ3n) is 3.71. The summed E-state index contributed by atoms with van der Waals surface area (Å²) < 4.78 is 10.8. The minimum Gasteiger partial charge on any atom is -0.454 e. The Morgan fingerprint density at radius 2 is 1.83 bits per heavy atom. The second kappa shape index (κ2) is 6.10. The monoisotopic (exact) mass is 249 g/mol. The van der Waals surface area contributed by atoms with Crippen molar-refractivity contribution in [1.29, 1.82) is 0 Å². The quantitative estimate of drug-likeness (QED) is 0.773. The minimum absolute atomic E-state index is 0.353. The van der Waals surface area contributed by atoms with Crippen LogP contribution in [0.25, 0.3) is 0 Å². The van der Waals surface area contributed by atoms with Gasteiger partial charge in [-0.15, -0.1) is 0 Å². The molecule has 0 bridgehead atoms. The maximum absolute atomic E-state index is 5.43. The van der Waals surface area contributed by atoms with Crippen LogP contribution in [-0.2, 0) is 6.42 Å². The van der Waals surface area contributed by atoms with Crippen LogP contribution in [0.2, 0.25) is 0 Å². The smallest absolute Gasteiger partial charge is 0.231 e. The molecule has 1 unspecified atom stereocenters. The van der Waals surface area contributed by atoms with Crippen molar-refractivity contribution in [2.24, 2.45) is 0 Å². The van der Waals surface area contributed by atoms with Crippen LogP contribution in [0.5, 0.6) is 11.5 Å². The molecule has 2 rings (SSSR count). The number of fused-ring (bicyclic) bond motifs is 1. The third-order valence-corrected chi connectivity index (χ3v) is 3.71. The Bertz CT molecular complexity index is 388. The molecule has 1 aliphatic heterocycles. The third kappa shape index (κ3) is 2.78. The fourth-order valence-corrected chi connectivity index (χ4v) is 2.61. The van der Waals surface area contributed by atoms with Gasteiger partial charge < -0.3 is 14.4 Å². The Morgan fingerprint density at radius 1 is 1.11 bits per heavy atom. The van der Waals surface area contributed by atoms with Crippen molar-refractivity contribution < 1.29 is 9.47 Å². The molecule has 0 N–H and O–H groups in total. The summed E-state index contributed by atoms with van der Waals surface area (Å²) >= 11 is 0. The maximum Gasteiger partial charge on any atom is 0.231 e. The number of hydrogen-bond acceptors (Lipinski definition) is 3. The van der Waals surface area contributed by atoms with Gasteiger partial charge in [-0.05, 0) is 43.6 Å². The van der Waals surface area contributed by atoms with E-state index in [9.17, 15) is 0 Å². The zero-order valence-electron chi connectivity index (χ0n) is 11.6. The summed E-state index contributed by atoms with van der Waals surface area (Å²) in [5.41, 5.74) is 1.33. The first-order valence-electron chi connectivity index (χ1n) is 6.91. The van der Waals surface area contributed by atoms with Gasteiger partial charge in [-0.1, -0.05) is 26.8 Å². The van der Waals surface area contributed by atoms with Crippen LogP contribution in [0.4, 0.5) is 0 Å². The van der Waals surface area contributed by atoms with Crippen LogP contribution in [0, 0.1) is 0 Å². The average molecular weight is 249 g/mol. The van der Waals surface area contributed by atoms with Gasteiger partial charge in [0.25, 0.3) is 0 Å². The molecule has 1 heterocycles. The van der Waals surface area contributed by atoms with E-state index in [-0.39, 0.29) is 0 Å². The van der Waals surface area contributed by atoms with Gasteiger partial charge in [-0.2, -0.15) is 0 Å². The first kappa shape index (κ1) is 13.2. The lowest BCUT2D eigenvalue weighted by atomic mass is 10.0. The molecule has 3 nitrogen and oxygen atoms in total. The lowest BCUT2D eigenvalue weighted by Crippen LogP contribution is -2.36. The summed E-state index contributed by atoms with van der Waals surface area (Å²) in [5.74, 6) is 1.76. The van der Waals surface area contributed by atoms with E-state index in [1.165, 1.54) is 12.0 Å². The van der Waals surface area contributed by atoms with Gasteiger partial charge in [0.2, 0.25) is 6.79 Å². The van der Waals surface area contributed by atoms with Gasteiger partial charge in [-0.3, -0.25) is 0 Å². The number of rotatable bonds is 6. The largest absolute Gasteiger partial charge is 0.454 e. The van der Waals surface area contributed by atoms with Crippen molar-refractivity contribution in [3.8, 4) is 11.5 Å². The van der Waals surface area contributed by atoms with E-state index in [2.05, 4.69) is 37.8 Å². The van der Waals surface area contributed by atoms with Crippen molar-refractivity contribution in [2.45, 2.75) is 39.7 Å². The SMILES string of the molecule is CCC(Cc1ccc2c(c1)OCO2)N(CC)CC. The molecule has 0 amide bonds. The van der Waals surface area contributed by atoms with Crippen LogP contribution >= 0.6 is 0 Å². The molecule has 3 heteroatoms. The Balaban J connectivity index is 2.07. The minimum atomic E-state index is 0.353. The molecule has 1 aromatic rings. The molecule has 0 spiro atoms. The normalized spacial score (nSPS) is 15.1. The number of likely N-dealkylation sites (N-methyl/N-ethyl adjacent to an activating group) is 1. The summed E-state index contributed by atoms with van der Waals surface area (Å²) in [6.07, 6.45) is 2.25. The molecule has 1 aromatic carbocycles. The standard InChI is InChI=1S/C15H23NO2/c1-4-13(16(5-2)6-3)9-12-7-8-14-15(10-12)18-11-17-14/h7-8,10,13H,4-6,9,11H2,1-3H3. The molecule has 100 valence electrons. The van der Waals surface area contributed by atoms with Gasteiger partial charge in [0.15, 0.2) is 11.5 Å². The van der Waals surface area contributed by atoms with Crippen LogP contribution in [0.3, 0.4) is 0 Å². The molecule has 0 radical (unpaired) electrons. The fraction of sp³-hybridized carbons (Fsp3) is 0.600. The number of nitrogens with zero attached hydrogens (tertiary/aromatic N) is 1. The first-order chi connectivity index (χ1) is 8.78. The van der Waals surface area contributed by atoms with E-state index in [1.54, 1.807) is 0 Å². The summed E-state index contributed by atoms with van der Waals surface area (Å²) in [5, 5.41) is 0. The van der Waals surface area contributed by atoms with Crippen LogP contribution in [0.15, 0.2) is 18.2 Å². The predicted molar refractivity (Wildman–Crippen MR) is 73.3 cm³/mol. The fourth-order valence-electron chi connectivity index (χ4n) is 2.61.